The van der Waals surface area contributed by atoms with E-state index in [9.17, 15) is 0 Å². The van der Waals surface area contributed by atoms with E-state index in [2.05, 4.69) is 55.4 Å². The minimum Gasteiger partial charge on any atom is -1.00 e. The number of hydrogen-bond acceptors (Lipinski definition) is 0. The minimum atomic E-state index is -2.86. The molecule has 0 spiro atoms. The van der Waals surface area contributed by atoms with Gasteiger partial charge >= 0.3 is 115 Å². The molecule has 1 nitrogen and oxygen atoms in total. The van der Waals surface area contributed by atoms with Gasteiger partial charge in [-0.15, -0.1) is 0 Å². The molecule has 224 valence electrons. The van der Waals surface area contributed by atoms with Crippen LogP contribution < -0.4 is 4.70 Å². The number of nitrogens with zero attached hydrogens (tertiary/aromatic N) is 1. The van der Waals surface area contributed by atoms with Crippen LogP contribution in [0.4, 0.5) is 4.20 Å². The first-order valence-electron chi connectivity index (χ1n) is 16.4. The maximum atomic E-state index is 16.1. The molecule has 0 rings (SSSR count). The van der Waals surface area contributed by atoms with Gasteiger partial charge in [-0.25, -0.2) is 0 Å². The number of halogens is 2. The summed E-state index contributed by atoms with van der Waals surface area (Å²) in [5.41, 5.74) is 0. The second-order valence-electron chi connectivity index (χ2n) is 11.8. The molecule has 0 unspecified atom stereocenters. The van der Waals surface area contributed by atoms with Gasteiger partial charge < -0.3 is 9.19 Å². The van der Waals surface area contributed by atoms with Crippen LogP contribution in [0.2, 0.25) is 0 Å². The molecule has 0 amide bonds. The van der Waals surface area contributed by atoms with Gasteiger partial charge in [-0.1, -0.05) is 53.4 Å². The molecule has 0 saturated heterocycles. The van der Waals surface area contributed by atoms with Crippen molar-refractivity contribution in [2.75, 3.05) is 50.8 Å². The Labute approximate surface area is 229 Å². The second-order valence-corrected chi connectivity index (χ2v) is 17.2. The number of rotatable bonds is 24. The van der Waals surface area contributed by atoms with E-state index in [0.717, 1.165) is 76.0 Å². The molecule has 0 aromatic carbocycles. The summed E-state index contributed by atoms with van der Waals surface area (Å²) in [6.07, 6.45) is 23.7. The maximum absolute atomic E-state index is 16.1. The molecule has 0 aliphatic carbocycles. The molecule has 0 radical (unpaired) electrons. The van der Waals surface area contributed by atoms with E-state index in [-0.39, 0.29) is 4.70 Å². The predicted octanol–water partition coefficient (Wildman–Crippen LogP) is 8.63. The first-order valence-corrected chi connectivity index (χ1v) is 19.2. The topological polar surface area (TPSA) is 0 Å². The predicted molar refractivity (Wildman–Crippen MR) is 166 cm³/mol. The summed E-state index contributed by atoms with van der Waals surface area (Å²) in [6, 6.07) is 0. The van der Waals surface area contributed by atoms with Crippen molar-refractivity contribution in [3.8, 4) is 0 Å². The van der Waals surface area contributed by atoms with Crippen molar-refractivity contribution < 1.29 is 13.4 Å². The van der Waals surface area contributed by atoms with Crippen molar-refractivity contribution in [1.29, 1.82) is 0 Å². The zero-order valence-electron chi connectivity index (χ0n) is 26.6. The Hall–Kier alpha value is 0.250. The number of quaternary nitrogens is 1. The summed E-state index contributed by atoms with van der Waals surface area (Å²) in [6.45, 7) is 20.9. The molecule has 0 bridgehead atoms. The third-order valence-electron chi connectivity index (χ3n) is 8.23. The average Bonchev–Trinajstić information content (AvgIpc) is 2.88. The van der Waals surface area contributed by atoms with E-state index in [1.807, 2.05) is 0 Å². The molecule has 0 heterocycles. The second kappa shape index (κ2) is 25.5. The van der Waals surface area contributed by atoms with Crippen LogP contribution in [0.5, 0.6) is 0 Å². The maximum Gasteiger partial charge on any atom is 0.0786 e. The van der Waals surface area contributed by atoms with Crippen LogP contribution in [0.25, 0.3) is 0 Å². The largest absolute Gasteiger partial charge is 1.00 e. The third-order valence-corrected chi connectivity index (χ3v) is 14.0. The summed E-state index contributed by atoms with van der Waals surface area (Å²) >= 11 is 0. The van der Waals surface area contributed by atoms with Crippen LogP contribution >= 0.6 is 6.91 Å². The summed E-state index contributed by atoms with van der Waals surface area (Å²) < 4.78 is 17.5. The Bertz CT molecular complexity index is 363. The van der Waals surface area contributed by atoms with Crippen LogP contribution in [-0.2, 0) is 0 Å². The van der Waals surface area contributed by atoms with Gasteiger partial charge in [0.05, 0.1) is 26.2 Å². The van der Waals surface area contributed by atoms with Crippen LogP contribution in [0, 0.1) is 0 Å². The van der Waals surface area contributed by atoms with Crippen LogP contribution in [0.3, 0.4) is 0 Å². The summed E-state index contributed by atoms with van der Waals surface area (Å²) in [4.78, 5) is 0. The van der Waals surface area contributed by atoms with Gasteiger partial charge in [-0.3, -0.25) is 0 Å². The molecular weight excluding hydrogens is 467 g/mol. The normalized spacial score (nSPS) is 12.9. The van der Waals surface area contributed by atoms with Crippen LogP contribution in [-0.4, -0.2) is 55.3 Å². The quantitative estimate of drug-likeness (QED) is 0.0850. The van der Waals surface area contributed by atoms with E-state index in [1.54, 1.807) is 0 Å². The van der Waals surface area contributed by atoms with Crippen molar-refractivity contribution >= 4 is 6.91 Å². The molecule has 36 heavy (non-hydrogen) atoms. The Morgan fingerprint density at radius 3 is 0.750 bits per heavy atom. The van der Waals surface area contributed by atoms with Gasteiger partial charge in [0.15, 0.2) is 0 Å². The van der Waals surface area contributed by atoms with Gasteiger partial charge in [0, 0.05) is 0 Å². The molecule has 0 aromatic heterocycles. The Balaban J connectivity index is -0.000000590. The molecule has 0 fully saturated rings. The van der Waals surface area contributed by atoms with Crippen molar-refractivity contribution in [3.05, 3.63) is 0 Å². The van der Waals surface area contributed by atoms with Crippen molar-refractivity contribution in [2.24, 2.45) is 0 Å². The van der Waals surface area contributed by atoms with Crippen LogP contribution in [0.15, 0.2) is 0 Å². The molecule has 4 heteroatoms. The van der Waals surface area contributed by atoms with E-state index in [0.29, 0.717) is 0 Å². The van der Waals surface area contributed by atoms with Gasteiger partial charge in [0.2, 0.25) is 0 Å². The molecule has 0 aliphatic heterocycles. The average molecular weight is 540 g/mol. The van der Waals surface area contributed by atoms with E-state index >= 15 is 4.20 Å². The van der Waals surface area contributed by atoms with Gasteiger partial charge in [0.25, 0.3) is 0 Å². The fourth-order valence-electron chi connectivity index (χ4n) is 5.53. The third kappa shape index (κ3) is 19.3. The van der Waals surface area contributed by atoms with E-state index in [4.69, 9.17) is 0 Å². The first-order chi connectivity index (χ1) is 16.8. The zero-order valence-corrected chi connectivity index (χ0v) is 27.5. The van der Waals surface area contributed by atoms with Crippen LogP contribution in [0.1, 0.15) is 158 Å². The van der Waals surface area contributed by atoms with E-state index in [1.165, 1.54) is 82.0 Å². The molecule has 0 aromatic rings. The fraction of sp³-hybridized carbons (Fsp3) is 1.00. The van der Waals surface area contributed by atoms with Gasteiger partial charge in [0.1, 0.15) is 0 Å². The smallest absolute Gasteiger partial charge is 0.0786 e. The zero-order chi connectivity index (χ0) is 26.9. The van der Waals surface area contributed by atoms with Crippen molar-refractivity contribution in [1.82, 2.24) is 0 Å². The fourth-order valence-corrected chi connectivity index (χ4v) is 11.3. The number of unbranched alkanes of at least 4 members (excludes halogenated alkanes) is 8. The summed E-state index contributed by atoms with van der Waals surface area (Å²) in [5.74, 6) is 0. The standard InChI is InChI=1S/C16H36FP.C16H36N.FH/c1-5-9-13-18(17,14-10-6-2,15-11-7-3)16-12-8-4;1-5-9-13-17(14-10-6-2,15-11-7-3)16-12-8-4;/h5-16H2,1-4H3;5-16H2,1-4H3;1H/q;+1;/p-1. The van der Waals surface area contributed by atoms with Gasteiger partial charge in [-0.05, 0) is 25.7 Å². The monoisotopic (exact) mass is 540 g/mol. The van der Waals surface area contributed by atoms with Gasteiger partial charge in [-0.2, -0.15) is 0 Å². The molecule has 0 atom stereocenters. The molecule has 0 saturated carbocycles. The SMILES string of the molecule is CCCCP(F)(CCCC)(CCCC)CCCC.CCCC[N+](CCCC)(CCCC)CCCC.[F-]. The van der Waals surface area contributed by atoms with E-state index < -0.39 is 6.91 Å². The molecule has 0 aliphatic rings. The Morgan fingerprint density at radius 2 is 0.583 bits per heavy atom. The Kier molecular flexibility index (Phi) is 28.9. The summed E-state index contributed by atoms with van der Waals surface area (Å²) in [5, 5.41) is 0. The number of hydrogen-bond donors (Lipinski definition) is 0. The van der Waals surface area contributed by atoms with Crippen molar-refractivity contribution in [3.63, 3.8) is 0 Å². The summed E-state index contributed by atoms with van der Waals surface area (Å²) in [7, 11) is 0. The molecule has 0 N–H and O–H groups in total. The first kappa shape index (κ1) is 40.7. The van der Waals surface area contributed by atoms with Crippen molar-refractivity contribution in [2.45, 2.75) is 158 Å². The Morgan fingerprint density at radius 1 is 0.389 bits per heavy atom. The minimum absolute atomic E-state index is 0. The molecular formula is C32H72F2NP.